The van der Waals surface area contributed by atoms with Crippen molar-refractivity contribution in [2.45, 2.75) is 71.1 Å². The predicted molar refractivity (Wildman–Crippen MR) is 114 cm³/mol. The second-order valence-corrected chi connectivity index (χ2v) is 8.98. The molecule has 1 aliphatic rings. The number of nitrogens with one attached hydrogen (secondary N) is 1. The molecule has 1 fully saturated rings. The van der Waals surface area contributed by atoms with Gasteiger partial charge in [-0.05, 0) is 51.5 Å². The first-order valence-corrected chi connectivity index (χ1v) is 10.6. The number of carbonyl (C=O) groups is 3. The van der Waals surface area contributed by atoms with Gasteiger partial charge in [-0.2, -0.15) is 0 Å². The maximum atomic E-state index is 12.4. The molecule has 2 rings (SSSR count). The molecule has 0 unspecified atom stereocenters. The summed E-state index contributed by atoms with van der Waals surface area (Å²) in [4.78, 5) is 37.7. The predicted octanol–water partition coefficient (Wildman–Crippen LogP) is 4.30. The van der Waals surface area contributed by atoms with Crippen molar-refractivity contribution in [3.63, 3.8) is 0 Å². The van der Waals surface area contributed by atoms with Gasteiger partial charge in [-0.1, -0.05) is 30.3 Å². The molecule has 1 saturated carbocycles. The van der Waals surface area contributed by atoms with Gasteiger partial charge in [0.25, 0.3) is 0 Å². The van der Waals surface area contributed by atoms with E-state index in [9.17, 15) is 14.4 Å². The number of likely N-dealkylation sites (N-methyl/N-ethyl adjacent to an activating group) is 1. The average molecular weight is 419 g/mol. The van der Waals surface area contributed by atoms with Crippen LogP contribution in [0.1, 0.15) is 58.4 Å². The molecule has 1 aromatic rings. The highest BCUT2D eigenvalue weighted by atomic mass is 16.6. The van der Waals surface area contributed by atoms with E-state index in [0.717, 1.165) is 18.4 Å². The van der Waals surface area contributed by atoms with Crippen LogP contribution in [0.3, 0.4) is 0 Å². The molecule has 2 amide bonds. The third kappa shape index (κ3) is 8.84. The number of nitrogens with zero attached hydrogens (tertiary/aromatic N) is 1. The molecule has 0 bridgehead atoms. The number of ether oxygens (including phenoxy) is 2. The summed E-state index contributed by atoms with van der Waals surface area (Å²) in [5, 5.41) is 2.90. The third-order valence-corrected chi connectivity index (χ3v) is 5.01. The summed E-state index contributed by atoms with van der Waals surface area (Å²) in [7, 11) is 1.65. The topological polar surface area (TPSA) is 84.9 Å². The first-order valence-electron chi connectivity index (χ1n) is 10.6. The van der Waals surface area contributed by atoms with Gasteiger partial charge in [-0.3, -0.25) is 4.79 Å². The molecule has 0 aromatic heterocycles. The van der Waals surface area contributed by atoms with Crippen molar-refractivity contribution in [3.05, 3.63) is 35.9 Å². The lowest BCUT2D eigenvalue weighted by Gasteiger charge is -2.30. The molecule has 0 radical (unpaired) electrons. The Labute approximate surface area is 179 Å². The lowest BCUT2D eigenvalue weighted by atomic mass is 9.84. The van der Waals surface area contributed by atoms with Crippen molar-refractivity contribution < 1.29 is 23.9 Å². The van der Waals surface area contributed by atoms with Crippen LogP contribution < -0.4 is 5.32 Å². The van der Waals surface area contributed by atoms with E-state index in [1.807, 2.05) is 30.3 Å². The van der Waals surface area contributed by atoms with Gasteiger partial charge < -0.3 is 19.7 Å². The fourth-order valence-corrected chi connectivity index (χ4v) is 3.53. The van der Waals surface area contributed by atoms with E-state index in [1.54, 1.807) is 27.8 Å². The zero-order valence-corrected chi connectivity index (χ0v) is 18.5. The average Bonchev–Trinajstić information content (AvgIpc) is 2.67. The van der Waals surface area contributed by atoms with Gasteiger partial charge in [0, 0.05) is 26.4 Å². The number of Topliss-reactive ketones (excluding diaryl/α,β-unsaturated/α-hetero) is 1. The maximum absolute atomic E-state index is 12.4. The second kappa shape index (κ2) is 11.0. The normalized spacial score (nSPS) is 15.9. The first kappa shape index (κ1) is 23.7. The molecule has 1 atom stereocenters. The standard InChI is InChI=1S/C23H34N2O5/c1-23(2,3)30-21(27)24-19(14-17-10-12-20(26)13-11-17)15-25(4)22(28)29-16-18-8-6-5-7-9-18/h5-9,17,19H,10-16H2,1-4H3,(H,24,27)/t19-/m0/s1. The Morgan fingerprint density at radius 3 is 2.40 bits per heavy atom. The molecule has 166 valence electrons. The molecule has 0 spiro atoms. The minimum absolute atomic E-state index is 0.193. The molecule has 0 saturated heterocycles. The van der Waals surface area contributed by atoms with Crippen LogP contribution in [-0.4, -0.2) is 48.1 Å². The minimum Gasteiger partial charge on any atom is -0.445 e. The van der Waals surface area contributed by atoms with Gasteiger partial charge in [0.2, 0.25) is 0 Å². The number of hydrogen-bond donors (Lipinski definition) is 1. The highest BCUT2D eigenvalue weighted by molar-refractivity contribution is 5.79. The number of benzene rings is 1. The summed E-state index contributed by atoms with van der Waals surface area (Å²) in [6.07, 6.45) is 2.51. The van der Waals surface area contributed by atoms with E-state index in [-0.39, 0.29) is 12.6 Å². The Morgan fingerprint density at radius 1 is 1.17 bits per heavy atom. The van der Waals surface area contributed by atoms with Crippen molar-refractivity contribution in [2.75, 3.05) is 13.6 Å². The molecule has 0 aliphatic heterocycles. The second-order valence-electron chi connectivity index (χ2n) is 8.98. The van der Waals surface area contributed by atoms with Crippen LogP contribution in [-0.2, 0) is 20.9 Å². The van der Waals surface area contributed by atoms with Crippen LogP contribution in [0.15, 0.2) is 30.3 Å². The molecule has 1 N–H and O–H groups in total. The van der Waals surface area contributed by atoms with Crippen LogP contribution in [0.2, 0.25) is 0 Å². The van der Waals surface area contributed by atoms with Crippen LogP contribution in [0.25, 0.3) is 0 Å². The summed E-state index contributed by atoms with van der Waals surface area (Å²) in [6.45, 7) is 5.92. The van der Waals surface area contributed by atoms with E-state index in [0.29, 0.717) is 37.5 Å². The van der Waals surface area contributed by atoms with Crippen molar-refractivity contribution in [1.82, 2.24) is 10.2 Å². The van der Waals surface area contributed by atoms with Gasteiger partial charge in [0.05, 0.1) is 6.04 Å². The Morgan fingerprint density at radius 2 is 1.80 bits per heavy atom. The summed E-state index contributed by atoms with van der Waals surface area (Å²) in [5.41, 5.74) is 0.307. The SMILES string of the molecule is CN(C[C@H](CC1CCC(=O)CC1)NC(=O)OC(C)(C)C)C(=O)OCc1ccccc1. The minimum atomic E-state index is -0.605. The summed E-state index contributed by atoms with van der Waals surface area (Å²) in [6, 6.07) is 9.19. The fraction of sp³-hybridized carbons (Fsp3) is 0.609. The molecule has 7 nitrogen and oxygen atoms in total. The number of hydrogen-bond acceptors (Lipinski definition) is 5. The molecular formula is C23H34N2O5. The number of ketones is 1. The number of carbonyl (C=O) groups excluding carboxylic acids is 3. The van der Waals surface area contributed by atoms with Gasteiger partial charge in [-0.15, -0.1) is 0 Å². The van der Waals surface area contributed by atoms with Crippen molar-refractivity contribution in [2.24, 2.45) is 5.92 Å². The summed E-state index contributed by atoms with van der Waals surface area (Å²) in [5.74, 6) is 0.626. The first-order chi connectivity index (χ1) is 14.1. The van der Waals surface area contributed by atoms with Crippen LogP contribution in [0.4, 0.5) is 9.59 Å². The van der Waals surface area contributed by atoms with E-state index in [4.69, 9.17) is 9.47 Å². The smallest absolute Gasteiger partial charge is 0.409 e. The van der Waals surface area contributed by atoms with Gasteiger partial charge >= 0.3 is 12.2 Å². The highest BCUT2D eigenvalue weighted by Crippen LogP contribution is 2.26. The van der Waals surface area contributed by atoms with Crippen molar-refractivity contribution >= 4 is 18.0 Å². The number of rotatable bonds is 7. The van der Waals surface area contributed by atoms with E-state index in [2.05, 4.69) is 5.32 Å². The van der Waals surface area contributed by atoms with Crippen LogP contribution in [0, 0.1) is 5.92 Å². The van der Waals surface area contributed by atoms with Crippen molar-refractivity contribution in [3.8, 4) is 0 Å². The Kier molecular flexibility index (Phi) is 8.69. The van der Waals surface area contributed by atoms with Crippen LogP contribution in [0.5, 0.6) is 0 Å². The molecule has 7 heteroatoms. The molecule has 1 aromatic carbocycles. The molecule has 30 heavy (non-hydrogen) atoms. The van der Waals surface area contributed by atoms with E-state index < -0.39 is 17.8 Å². The summed E-state index contributed by atoms with van der Waals surface area (Å²) < 4.78 is 10.8. The van der Waals surface area contributed by atoms with Gasteiger partial charge in [0.1, 0.15) is 18.0 Å². The molecule has 0 heterocycles. The zero-order chi connectivity index (χ0) is 22.1. The number of amides is 2. The lowest BCUT2D eigenvalue weighted by Crippen LogP contribution is -2.47. The van der Waals surface area contributed by atoms with Gasteiger partial charge in [-0.25, -0.2) is 9.59 Å². The quantitative estimate of drug-likeness (QED) is 0.714. The Hall–Kier alpha value is -2.57. The van der Waals surface area contributed by atoms with Gasteiger partial charge in [0.15, 0.2) is 0 Å². The molecule has 1 aliphatic carbocycles. The van der Waals surface area contributed by atoms with E-state index in [1.165, 1.54) is 4.90 Å². The molecular weight excluding hydrogens is 384 g/mol. The van der Waals surface area contributed by atoms with Crippen LogP contribution >= 0.6 is 0 Å². The maximum Gasteiger partial charge on any atom is 0.409 e. The Bertz CT molecular complexity index is 704. The van der Waals surface area contributed by atoms with E-state index >= 15 is 0 Å². The fourth-order valence-electron chi connectivity index (χ4n) is 3.53. The lowest BCUT2D eigenvalue weighted by molar-refractivity contribution is -0.121. The zero-order valence-electron chi connectivity index (χ0n) is 18.5. The highest BCUT2D eigenvalue weighted by Gasteiger charge is 2.27. The Balaban J connectivity index is 1.93. The third-order valence-electron chi connectivity index (χ3n) is 5.01. The number of alkyl carbamates (subject to hydrolysis) is 1. The largest absolute Gasteiger partial charge is 0.445 e. The van der Waals surface area contributed by atoms with Crippen molar-refractivity contribution in [1.29, 1.82) is 0 Å². The summed E-state index contributed by atoms with van der Waals surface area (Å²) >= 11 is 0. The monoisotopic (exact) mass is 418 g/mol.